The molecule has 1 unspecified atom stereocenters. The van der Waals surface area contributed by atoms with Gasteiger partial charge >= 0.3 is 5.97 Å². The van der Waals surface area contributed by atoms with E-state index in [1.165, 1.54) is 0 Å². The molecule has 0 aliphatic carbocycles. The van der Waals surface area contributed by atoms with Crippen LogP contribution in [-0.4, -0.2) is 46.8 Å². The highest BCUT2D eigenvalue weighted by Gasteiger charge is 2.26. The van der Waals surface area contributed by atoms with E-state index < -0.39 is 22.7 Å². The first kappa shape index (κ1) is 13.7. The van der Waals surface area contributed by atoms with Crippen molar-refractivity contribution in [2.24, 2.45) is 0 Å². The average molecular weight is 278 g/mol. The Morgan fingerprint density at radius 2 is 2.45 bits per heavy atom. The van der Waals surface area contributed by atoms with Gasteiger partial charge in [0.15, 0.2) is 6.10 Å². The van der Waals surface area contributed by atoms with Crippen molar-refractivity contribution in [3.05, 3.63) is 27.9 Å². The molecule has 2 rings (SSSR count). The Bertz CT molecular complexity index is 597. The van der Waals surface area contributed by atoms with E-state index in [-0.39, 0.29) is 24.5 Å². The summed E-state index contributed by atoms with van der Waals surface area (Å²) >= 11 is 0. The molecule has 1 aliphatic heterocycles. The van der Waals surface area contributed by atoms with Crippen molar-refractivity contribution in [2.45, 2.75) is 6.10 Å². The number of pyridine rings is 1. The fraction of sp³-hybridized carbons (Fsp3) is 0.364. The van der Waals surface area contributed by atoms with E-state index in [4.69, 9.17) is 15.1 Å². The van der Waals surface area contributed by atoms with Crippen LogP contribution in [0.4, 0.5) is 11.5 Å². The Labute approximate surface area is 113 Å². The van der Waals surface area contributed by atoms with Crippen molar-refractivity contribution in [1.82, 2.24) is 4.98 Å². The molecule has 2 heterocycles. The topological polar surface area (TPSA) is 130 Å². The number of aromatic carboxylic acids is 1. The summed E-state index contributed by atoms with van der Waals surface area (Å²) < 4.78 is 5.15. The number of nitriles is 1. The summed E-state index contributed by atoms with van der Waals surface area (Å²) in [6, 6.07) is 2.89. The number of anilines is 1. The van der Waals surface area contributed by atoms with Gasteiger partial charge in [-0.1, -0.05) is 0 Å². The van der Waals surface area contributed by atoms with E-state index >= 15 is 0 Å². The highest BCUT2D eigenvalue weighted by molar-refractivity contribution is 5.94. The number of hydrogen-bond acceptors (Lipinski definition) is 7. The van der Waals surface area contributed by atoms with Gasteiger partial charge in [0.05, 0.1) is 24.1 Å². The molecule has 1 aromatic rings. The van der Waals surface area contributed by atoms with Gasteiger partial charge in [0.2, 0.25) is 0 Å². The average Bonchev–Trinajstić information content (AvgIpc) is 2.46. The van der Waals surface area contributed by atoms with E-state index in [2.05, 4.69) is 4.98 Å². The minimum absolute atomic E-state index is 0.103. The number of hydrogen-bond donors (Lipinski definition) is 1. The molecule has 1 N–H and O–H groups in total. The number of carboxylic acids is 1. The summed E-state index contributed by atoms with van der Waals surface area (Å²) in [5.74, 6) is -1.21. The molecule has 1 fully saturated rings. The van der Waals surface area contributed by atoms with Crippen LogP contribution in [-0.2, 0) is 4.74 Å². The van der Waals surface area contributed by atoms with Crippen molar-refractivity contribution >= 4 is 17.5 Å². The molecule has 1 saturated heterocycles. The number of carbonyl (C=O) groups is 1. The van der Waals surface area contributed by atoms with E-state index in [1.54, 1.807) is 4.90 Å². The van der Waals surface area contributed by atoms with E-state index in [0.717, 1.165) is 12.3 Å². The summed E-state index contributed by atoms with van der Waals surface area (Å²) in [7, 11) is 0. The van der Waals surface area contributed by atoms with Gasteiger partial charge in [-0.25, -0.2) is 9.78 Å². The first-order valence-corrected chi connectivity index (χ1v) is 5.67. The smallest absolute Gasteiger partial charge is 0.339 e. The molecule has 104 valence electrons. The zero-order valence-corrected chi connectivity index (χ0v) is 10.2. The highest BCUT2D eigenvalue weighted by Crippen LogP contribution is 2.24. The van der Waals surface area contributed by atoms with Gasteiger partial charge < -0.3 is 14.7 Å². The lowest BCUT2D eigenvalue weighted by Gasteiger charge is -2.31. The van der Waals surface area contributed by atoms with Crippen molar-refractivity contribution in [2.75, 3.05) is 24.6 Å². The number of aromatic nitrogens is 1. The van der Waals surface area contributed by atoms with Gasteiger partial charge in [0, 0.05) is 12.6 Å². The molecule has 1 atom stereocenters. The summed E-state index contributed by atoms with van der Waals surface area (Å²) in [6.07, 6.45) is 0.320. The Hall–Kier alpha value is -2.73. The van der Waals surface area contributed by atoms with Crippen molar-refractivity contribution in [3.8, 4) is 6.07 Å². The lowest BCUT2D eigenvalue weighted by molar-refractivity contribution is -0.385. The van der Waals surface area contributed by atoms with E-state index in [9.17, 15) is 14.9 Å². The maximum absolute atomic E-state index is 11.2. The summed E-state index contributed by atoms with van der Waals surface area (Å²) in [5, 5.41) is 28.6. The molecular weight excluding hydrogens is 268 g/mol. The van der Waals surface area contributed by atoms with Gasteiger partial charge in [-0.2, -0.15) is 5.26 Å². The van der Waals surface area contributed by atoms with E-state index in [0.29, 0.717) is 6.54 Å². The van der Waals surface area contributed by atoms with Crippen LogP contribution in [0.3, 0.4) is 0 Å². The summed E-state index contributed by atoms with van der Waals surface area (Å²) in [4.78, 5) is 26.6. The SMILES string of the molecule is N#CC1CN(c2ncc([N+](=O)[O-])cc2C(=O)O)CCO1. The largest absolute Gasteiger partial charge is 0.478 e. The van der Waals surface area contributed by atoms with Crippen LogP contribution in [0.2, 0.25) is 0 Å². The number of morpholine rings is 1. The Morgan fingerprint density at radius 1 is 1.70 bits per heavy atom. The van der Waals surface area contributed by atoms with Crippen molar-refractivity contribution < 1.29 is 19.6 Å². The van der Waals surface area contributed by atoms with Crippen LogP contribution in [0.5, 0.6) is 0 Å². The molecule has 20 heavy (non-hydrogen) atoms. The third-order valence-corrected chi connectivity index (χ3v) is 2.80. The maximum Gasteiger partial charge on any atom is 0.339 e. The molecule has 9 heteroatoms. The normalized spacial score (nSPS) is 18.4. The second-order valence-electron chi connectivity index (χ2n) is 4.06. The summed E-state index contributed by atoms with van der Waals surface area (Å²) in [6.45, 7) is 0.792. The van der Waals surface area contributed by atoms with Gasteiger partial charge in [-0.05, 0) is 0 Å². The van der Waals surface area contributed by atoms with Crippen LogP contribution in [0, 0.1) is 21.4 Å². The van der Waals surface area contributed by atoms with Crippen LogP contribution < -0.4 is 4.90 Å². The number of rotatable bonds is 3. The summed E-state index contributed by atoms with van der Waals surface area (Å²) in [5.41, 5.74) is -0.658. The standard InChI is InChI=1S/C11H10N4O5/c12-4-8-6-14(1-2-20-8)10-9(11(16)17)3-7(5-13-10)15(18)19/h3,5,8H,1-2,6H2,(H,16,17). The molecule has 1 aromatic heterocycles. The Morgan fingerprint density at radius 3 is 3.05 bits per heavy atom. The molecule has 0 bridgehead atoms. The minimum atomic E-state index is -1.31. The first-order chi connectivity index (χ1) is 9.52. The zero-order valence-electron chi connectivity index (χ0n) is 10.2. The molecule has 0 amide bonds. The van der Waals surface area contributed by atoms with Crippen LogP contribution in [0.25, 0.3) is 0 Å². The lowest BCUT2D eigenvalue weighted by atomic mass is 10.2. The fourth-order valence-electron chi connectivity index (χ4n) is 1.88. The number of nitrogens with zero attached hydrogens (tertiary/aromatic N) is 4. The van der Waals surface area contributed by atoms with Crippen LogP contribution >= 0.6 is 0 Å². The number of nitro groups is 1. The highest BCUT2D eigenvalue weighted by atomic mass is 16.6. The predicted octanol–water partition coefficient (Wildman–Crippen LogP) is 0.417. The first-order valence-electron chi connectivity index (χ1n) is 5.67. The maximum atomic E-state index is 11.2. The molecule has 9 nitrogen and oxygen atoms in total. The van der Waals surface area contributed by atoms with Crippen molar-refractivity contribution in [1.29, 1.82) is 5.26 Å². The zero-order chi connectivity index (χ0) is 14.7. The quantitative estimate of drug-likeness (QED) is 0.621. The van der Waals surface area contributed by atoms with Gasteiger partial charge in [0.1, 0.15) is 17.6 Å². The predicted molar refractivity (Wildman–Crippen MR) is 65.4 cm³/mol. The lowest BCUT2D eigenvalue weighted by Crippen LogP contribution is -2.42. The molecule has 0 saturated carbocycles. The molecule has 0 aromatic carbocycles. The second-order valence-corrected chi connectivity index (χ2v) is 4.06. The monoisotopic (exact) mass is 278 g/mol. The van der Waals surface area contributed by atoms with Gasteiger partial charge in [-0.3, -0.25) is 10.1 Å². The van der Waals surface area contributed by atoms with Gasteiger partial charge in [0.25, 0.3) is 5.69 Å². The van der Waals surface area contributed by atoms with Crippen LogP contribution in [0.1, 0.15) is 10.4 Å². The fourth-order valence-corrected chi connectivity index (χ4v) is 1.88. The Balaban J connectivity index is 2.38. The second kappa shape index (κ2) is 5.50. The molecule has 1 aliphatic rings. The molecular formula is C11H10N4O5. The minimum Gasteiger partial charge on any atom is -0.478 e. The Kier molecular flexibility index (Phi) is 3.76. The third-order valence-electron chi connectivity index (χ3n) is 2.80. The third kappa shape index (κ3) is 2.65. The van der Waals surface area contributed by atoms with E-state index in [1.807, 2.05) is 6.07 Å². The number of ether oxygens (including phenoxy) is 1. The van der Waals surface area contributed by atoms with Crippen LogP contribution in [0.15, 0.2) is 12.3 Å². The van der Waals surface area contributed by atoms with Crippen molar-refractivity contribution in [3.63, 3.8) is 0 Å². The molecule has 0 radical (unpaired) electrons. The number of carboxylic acid groups (broad SMARTS) is 1. The van der Waals surface area contributed by atoms with Gasteiger partial charge in [-0.15, -0.1) is 0 Å². The molecule has 0 spiro atoms.